The second-order valence-corrected chi connectivity index (χ2v) is 4.82. The molecule has 0 saturated carbocycles. The first-order chi connectivity index (χ1) is 10.7. The molecule has 0 radical (unpaired) electrons. The zero-order chi connectivity index (χ0) is 15.4. The lowest BCUT2D eigenvalue weighted by atomic mass is 10.2. The van der Waals surface area contributed by atoms with E-state index in [1.165, 1.54) is 0 Å². The number of nitrogens with one attached hydrogen (secondary N) is 1. The van der Waals surface area contributed by atoms with Gasteiger partial charge in [-0.25, -0.2) is 4.98 Å². The van der Waals surface area contributed by atoms with E-state index in [0.29, 0.717) is 23.6 Å². The molecule has 0 aliphatic carbocycles. The van der Waals surface area contributed by atoms with Crippen molar-refractivity contribution in [2.45, 2.75) is 12.8 Å². The van der Waals surface area contributed by atoms with E-state index < -0.39 is 0 Å². The molecule has 1 aromatic heterocycles. The molecule has 0 aliphatic rings. The number of nitrogens with zero attached hydrogens (tertiary/aromatic N) is 2. The fourth-order valence-electron chi connectivity index (χ4n) is 2.14. The standard InChI is InChI=1S/C17H13N3O2/c18-11-12-4-3-5-13(10-12)19-16(21)8-9-17-20-14-6-1-2-7-15(14)22-17/h1-7,10H,8-9H2,(H,19,21). The minimum Gasteiger partial charge on any atom is -0.441 e. The molecule has 0 aliphatic heterocycles. The van der Waals surface area contributed by atoms with Gasteiger partial charge < -0.3 is 9.73 Å². The number of rotatable bonds is 4. The molecule has 1 N–H and O–H groups in total. The third-order valence-electron chi connectivity index (χ3n) is 3.18. The Morgan fingerprint density at radius 1 is 1.23 bits per heavy atom. The summed E-state index contributed by atoms with van der Waals surface area (Å²) in [7, 11) is 0. The van der Waals surface area contributed by atoms with Gasteiger partial charge in [-0.2, -0.15) is 5.26 Å². The number of carbonyl (C=O) groups is 1. The highest BCUT2D eigenvalue weighted by Gasteiger charge is 2.08. The topological polar surface area (TPSA) is 78.9 Å². The maximum Gasteiger partial charge on any atom is 0.224 e. The molecule has 0 saturated heterocycles. The Morgan fingerprint density at radius 3 is 2.91 bits per heavy atom. The summed E-state index contributed by atoms with van der Waals surface area (Å²) in [6.45, 7) is 0. The first-order valence-corrected chi connectivity index (χ1v) is 6.89. The largest absolute Gasteiger partial charge is 0.441 e. The third-order valence-corrected chi connectivity index (χ3v) is 3.18. The lowest BCUT2D eigenvalue weighted by Gasteiger charge is -2.04. The van der Waals surface area contributed by atoms with Gasteiger partial charge in [-0.1, -0.05) is 18.2 Å². The van der Waals surface area contributed by atoms with Crippen LogP contribution in [0.1, 0.15) is 17.9 Å². The van der Waals surface area contributed by atoms with Crippen LogP contribution in [0.15, 0.2) is 52.9 Å². The number of amides is 1. The Labute approximate surface area is 127 Å². The van der Waals surface area contributed by atoms with E-state index in [2.05, 4.69) is 10.3 Å². The van der Waals surface area contributed by atoms with Gasteiger partial charge >= 0.3 is 0 Å². The van der Waals surface area contributed by atoms with Crippen molar-refractivity contribution in [3.8, 4) is 6.07 Å². The van der Waals surface area contributed by atoms with Crippen molar-refractivity contribution >= 4 is 22.7 Å². The summed E-state index contributed by atoms with van der Waals surface area (Å²) in [6, 6.07) is 16.3. The Hall–Kier alpha value is -3.13. The smallest absolute Gasteiger partial charge is 0.224 e. The zero-order valence-electron chi connectivity index (χ0n) is 11.7. The highest BCUT2D eigenvalue weighted by atomic mass is 16.3. The van der Waals surface area contributed by atoms with Crippen molar-refractivity contribution < 1.29 is 9.21 Å². The molecule has 3 rings (SSSR count). The SMILES string of the molecule is N#Cc1cccc(NC(=O)CCc2nc3ccccc3o2)c1. The summed E-state index contributed by atoms with van der Waals surface area (Å²) in [4.78, 5) is 16.3. The fraction of sp³-hybridized carbons (Fsp3) is 0.118. The molecule has 0 bridgehead atoms. The average Bonchev–Trinajstić information content (AvgIpc) is 2.96. The molecular formula is C17H13N3O2. The predicted molar refractivity (Wildman–Crippen MR) is 82.1 cm³/mol. The molecule has 2 aromatic carbocycles. The zero-order valence-corrected chi connectivity index (χ0v) is 11.7. The highest BCUT2D eigenvalue weighted by Crippen LogP contribution is 2.16. The molecule has 1 amide bonds. The van der Waals surface area contributed by atoms with E-state index in [1.54, 1.807) is 24.3 Å². The minimum atomic E-state index is -0.141. The van der Waals surface area contributed by atoms with Crippen LogP contribution >= 0.6 is 0 Å². The van der Waals surface area contributed by atoms with Crippen LogP contribution in [0, 0.1) is 11.3 Å². The number of aryl methyl sites for hydroxylation is 1. The summed E-state index contributed by atoms with van der Waals surface area (Å²) < 4.78 is 5.57. The van der Waals surface area contributed by atoms with Gasteiger partial charge in [0.2, 0.25) is 5.91 Å². The van der Waals surface area contributed by atoms with Crippen LogP contribution in [0.3, 0.4) is 0 Å². The van der Waals surface area contributed by atoms with Gasteiger partial charge in [0, 0.05) is 18.5 Å². The first-order valence-electron chi connectivity index (χ1n) is 6.89. The summed E-state index contributed by atoms with van der Waals surface area (Å²) in [6.07, 6.45) is 0.696. The maximum atomic E-state index is 11.9. The number of aromatic nitrogens is 1. The summed E-state index contributed by atoms with van der Waals surface area (Å²) >= 11 is 0. The van der Waals surface area contributed by atoms with Crippen molar-refractivity contribution in [2.24, 2.45) is 0 Å². The van der Waals surface area contributed by atoms with Crippen molar-refractivity contribution in [3.05, 3.63) is 60.0 Å². The number of oxazole rings is 1. The Kier molecular flexibility index (Phi) is 3.84. The van der Waals surface area contributed by atoms with E-state index >= 15 is 0 Å². The van der Waals surface area contributed by atoms with Crippen molar-refractivity contribution in [1.82, 2.24) is 4.98 Å². The summed E-state index contributed by atoms with van der Waals surface area (Å²) in [5, 5.41) is 11.6. The van der Waals surface area contributed by atoms with Gasteiger partial charge in [-0.05, 0) is 30.3 Å². The van der Waals surface area contributed by atoms with Crippen molar-refractivity contribution in [3.63, 3.8) is 0 Å². The van der Waals surface area contributed by atoms with E-state index in [4.69, 9.17) is 9.68 Å². The first kappa shape index (κ1) is 13.8. The van der Waals surface area contributed by atoms with Gasteiger partial charge in [0.1, 0.15) is 5.52 Å². The fourth-order valence-corrected chi connectivity index (χ4v) is 2.14. The highest BCUT2D eigenvalue weighted by molar-refractivity contribution is 5.91. The molecule has 0 fully saturated rings. The van der Waals surface area contributed by atoms with Crippen LogP contribution in [0.25, 0.3) is 11.1 Å². The number of para-hydroxylation sites is 2. The second-order valence-electron chi connectivity index (χ2n) is 4.82. The van der Waals surface area contributed by atoms with Crippen LogP contribution < -0.4 is 5.32 Å². The van der Waals surface area contributed by atoms with Gasteiger partial charge in [-0.3, -0.25) is 4.79 Å². The van der Waals surface area contributed by atoms with Crippen molar-refractivity contribution in [2.75, 3.05) is 5.32 Å². The molecular weight excluding hydrogens is 278 g/mol. The number of hydrogen-bond donors (Lipinski definition) is 1. The molecule has 108 valence electrons. The van der Waals surface area contributed by atoms with Crippen LogP contribution in [0.2, 0.25) is 0 Å². The average molecular weight is 291 g/mol. The van der Waals surface area contributed by atoms with Crippen molar-refractivity contribution in [1.29, 1.82) is 5.26 Å². The third kappa shape index (κ3) is 3.13. The molecule has 0 unspecified atom stereocenters. The van der Waals surface area contributed by atoms with Gasteiger partial charge in [0.15, 0.2) is 11.5 Å². The molecule has 3 aromatic rings. The lowest BCUT2D eigenvalue weighted by Crippen LogP contribution is -2.12. The van der Waals surface area contributed by atoms with E-state index in [9.17, 15) is 4.79 Å². The van der Waals surface area contributed by atoms with Crippen LogP contribution in [-0.2, 0) is 11.2 Å². The Balaban J connectivity index is 1.61. The van der Waals surface area contributed by atoms with E-state index in [0.717, 1.165) is 11.1 Å². The molecule has 5 heteroatoms. The predicted octanol–water partition coefficient (Wildman–Crippen LogP) is 3.27. The number of nitriles is 1. The molecule has 1 heterocycles. The molecule has 0 atom stereocenters. The number of hydrogen-bond acceptors (Lipinski definition) is 4. The normalized spacial score (nSPS) is 10.3. The Bertz CT molecular complexity index is 828. The summed E-state index contributed by atoms with van der Waals surface area (Å²) in [5.74, 6) is 0.402. The van der Waals surface area contributed by atoms with E-state index in [1.807, 2.05) is 30.3 Å². The molecule has 0 spiro atoms. The number of fused-ring (bicyclic) bond motifs is 1. The van der Waals surface area contributed by atoms with Gasteiger partial charge in [0.05, 0.1) is 11.6 Å². The summed E-state index contributed by atoms with van der Waals surface area (Å²) in [5.41, 5.74) is 2.64. The molecule has 22 heavy (non-hydrogen) atoms. The number of benzene rings is 2. The lowest BCUT2D eigenvalue weighted by molar-refractivity contribution is -0.116. The second kappa shape index (κ2) is 6.10. The van der Waals surface area contributed by atoms with Gasteiger partial charge in [0.25, 0.3) is 0 Å². The van der Waals surface area contributed by atoms with Crippen LogP contribution in [0.5, 0.6) is 0 Å². The maximum absolute atomic E-state index is 11.9. The van der Waals surface area contributed by atoms with Crippen LogP contribution in [0.4, 0.5) is 5.69 Å². The van der Waals surface area contributed by atoms with Crippen LogP contribution in [-0.4, -0.2) is 10.9 Å². The molecule has 5 nitrogen and oxygen atoms in total. The number of anilines is 1. The quantitative estimate of drug-likeness (QED) is 0.800. The monoisotopic (exact) mass is 291 g/mol. The number of carbonyl (C=O) groups excluding carboxylic acids is 1. The van der Waals surface area contributed by atoms with Gasteiger partial charge in [-0.15, -0.1) is 0 Å². The minimum absolute atomic E-state index is 0.141. The van der Waals surface area contributed by atoms with E-state index in [-0.39, 0.29) is 12.3 Å². The Morgan fingerprint density at radius 2 is 2.09 bits per heavy atom.